The number of amides is 1. The SMILES string of the molecule is CC(C)c1ccc(C=NNC(=O)Cn2nnc3ccccc32)cc1. The summed E-state index contributed by atoms with van der Waals surface area (Å²) < 4.78 is 1.55. The number of hydrogen-bond donors (Lipinski definition) is 1. The van der Waals surface area contributed by atoms with Crippen LogP contribution in [-0.2, 0) is 11.3 Å². The molecule has 0 radical (unpaired) electrons. The van der Waals surface area contributed by atoms with Crippen LogP contribution in [0.2, 0.25) is 0 Å². The fraction of sp³-hybridized carbons (Fsp3) is 0.222. The summed E-state index contributed by atoms with van der Waals surface area (Å²) in [5.41, 5.74) is 6.31. The van der Waals surface area contributed by atoms with E-state index in [0.29, 0.717) is 5.92 Å². The molecule has 0 unspecified atom stereocenters. The Kier molecular flexibility index (Phi) is 4.65. The number of aromatic nitrogens is 3. The average molecular weight is 321 g/mol. The quantitative estimate of drug-likeness (QED) is 0.580. The summed E-state index contributed by atoms with van der Waals surface area (Å²) in [6, 6.07) is 15.6. The lowest BCUT2D eigenvalue weighted by molar-refractivity contribution is -0.121. The Morgan fingerprint density at radius 2 is 1.96 bits per heavy atom. The van der Waals surface area contributed by atoms with Gasteiger partial charge in [-0.05, 0) is 29.2 Å². The highest BCUT2D eigenvalue weighted by Gasteiger charge is 2.07. The van der Waals surface area contributed by atoms with Crippen LogP contribution >= 0.6 is 0 Å². The first-order valence-electron chi connectivity index (χ1n) is 7.83. The molecule has 0 aliphatic rings. The molecule has 1 amide bonds. The second-order valence-electron chi connectivity index (χ2n) is 5.85. The molecular weight excluding hydrogens is 302 g/mol. The number of nitrogens with zero attached hydrogens (tertiary/aromatic N) is 4. The van der Waals surface area contributed by atoms with Gasteiger partial charge in [0.05, 0.1) is 11.7 Å². The predicted octanol–water partition coefficient (Wildman–Crippen LogP) is 2.71. The maximum atomic E-state index is 12.0. The maximum absolute atomic E-state index is 12.0. The van der Waals surface area contributed by atoms with E-state index < -0.39 is 0 Å². The smallest absolute Gasteiger partial charge is 0.261 e. The number of benzene rings is 2. The van der Waals surface area contributed by atoms with E-state index in [1.54, 1.807) is 10.9 Å². The summed E-state index contributed by atoms with van der Waals surface area (Å²) in [7, 11) is 0. The van der Waals surface area contributed by atoms with Crippen LogP contribution in [0.3, 0.4) is 0 Å². The molecule has 0 saturated carbocycles. The number of para-hydroxylation sites is 1. The van der Waals surface area contributed by atoms with Crippen molar-refractivity contribution in [3.63, 3.8) is 0 Å². The zero-order valence-electron chi connectivity index (χ0n) is 13.7. The second kappa shape index (κ2) is 7.04. The van der Waals surface area contributed by atoms with Crippen molar-refractivity contribution in [1.82, 2.24) is 20.4 Å². The Balaban J connectivity index is 1.59. The van der Waals surface area contributed by atoms with E-state index in [2.05, 4.69) is 46.8 Å². The van der Waals surface area contributed by atoms with Gasteiger partial charge in [0.2, 0.25) is 0 Å². The van der Waals surface area contributed by atoms with E-state index in [0.717, 1.165) is 16.6 Å². The zero-order chi connectivity index (χ0) is 16.9. The monoisotopic (exact) mass is 321 g/mol. The van der Waals surface area contributed by atoms with Gasteiger partial charge in [-0.15, -0.1) is 5.10 Å². The van der Waals surface area contributed by atoms with Crippen LogP contribution in [0.25, 0.3) is 11.0 Å². The lowest BCUT2D eigenvalue weighted by Gasteiger charge is -2.04. The van der Waals surface area contributed by atoms with Crippen LogP contribution in [0.1, 0.15) is 30.9 Å². The molecule has 0 aliphatic heterocycles. The topological polar surface area (TPSA) is 72.2 Å². The first-order chi connectivity index (χ1) is 11.6. The minimum absolute atomic E-state index is 0.0736. The fourth-order valence-corrected chi connectivity index (χ4v) is 2.35. The lowest BCUT2D eigenvalue weighted by atomic mass is 10.0. The summed E-state index contributed by atoms with van der Waals surface area (Å²) in [6.45, 7) is 4.37. The van der Waals surface area contributed by atoms with E-state index >= 15 is 0 Å². The number of nitrogens with one attached hydrogen (secondary N) is 1. The van der Waals surface area contributed by atoms with Crippen molar-refractivity contribution in [2.45, 2.75) is 26.3 Å². The molecule has 6 nitrogen and oxygen atoms in total. The normalized spacial score (nSPS) is 11.5. The van der Waals surface area contributed by atoms with Gasteiger partial charge in [-0.1, -0.05) is 55.5 Å². The zero-order valence-corrected chi connectivity index (χ0v) is 13.7. The molecule has 0 fully saturated rings. The van der Waals surface area contributed by atoms with E-state index in [-0.39, 0.29) is 12.5 Å². The molecule has 122 valence electrons. The van der Waals surface area contributed by atoms with Gasteiger partial charge < -0.3 is 0 Å². The molecule has 0 bridgehead atoms. The standard InChI is InChI=1S/C18H19N5O/c1-13(2)15-9-7-14(8-10-15)11-19-21-18(24)12-23-17-6-4-3-5-16(17)20-22-23/h3-11,13H,12H2,1-2H3,(H,21,24). The van der Waals surface area contributed by atoms with Gasteiger partial charge in [-0.3, -0.25) is 4.79 Å². The van der Waals surface area contributed by atoms with Crippen LogP contribution in [0.5, 0.6) is 0 Å². The van der Waals surface area contributed by atoms with Crippen LogP contribution in [-0.4, -0.2) is 27.1 Å². The van der Waals surface area contributed by atoms with Crippen molar-refractivity contribution < 1.29 is 4.79 Å². The van der Waals surface area contributed by atoms with Crippen LogP contribution in [0.15, 0.2) is 53.6 Å². The summed E-state index contributed by atoms with van der Waals surface area (Å²) in [5, 5.41) is 12.0. The highest BCUT2D eigenvalue weighted by atomic mass is 16.2. The second-order valence-corrected chi connectivity index (χ2v) is 5.85. The average Bonchev–Trinajstić information content (AvgIpc) is 2.98. The van der Waals surface area contributed by atoms with Gasteiger partial charge in [0, 0.05) is 0 Å². The molecule has 1 heterocycles. The van der Waals surface area contributed by atoms with E-state index in [9.17, 15) is 4.79 Å². The molecule has 0 spiro atoms. The molecule has 1 aromatic heterocycles. The van der Waals surface area contributed by atoms with Gasteiger partial charge in [-0.2, -0.15) is 5.10 Å². The van der Waals surface area contributed by atoms with Crippen LogP contribution < -0.4 is 5.43 Å². The van der Waals surface area contributed by atoms with Gasteiger partial charge in [0.1, 0.15) is 12.1 Å². The van der Waals surface area contributed by atoms with Crippen LogP contribution in [0.4, 0.5) is 0 Å². The molecule has 24 heavy (non-hydrogen) atoms. The Bertz CT molecular complexity index is 865. The van der Waals surface area contributed by atoms with Gasteiger partial charge in [-0.25, -0.2) is 10.1 Å². The highest BCUT2D eigenvalue weighted by Crippen LogP contribution is 2.13. The predicted molar refractivity (Wildman–Crippen MR) is 93.8 cm³/mol. The molecular formula is C18H19N5O. The minimum atomic E-state index is -0.249. The Morgan fingerprint density at radius 3 is 2.71 bits per heavy atom. The van der Waals surface area contributed by atoms with Crippen molar-refractivity contribution >= 4 is 23.2 Å². The largest absolute Gasteiger partial charge is 0.271 e. The van der Waals surface area contributed by atoms with Crippen molar-refractivity contribution in [3.8, 4) is 0 Å². The number of carbonyl (C=O) groups excluding carboxylic acids is 1. The number of rotatable bonds is 5. The van der Waals surface area contributed by atoms with E-state index in [4.69, 9.17) is 0 Å². The fourth-order valence-electron chi connectivity index (χ4n) is 2.35. The molecule has 6 heteroatoms. The third-order valence-electron chi connectivity index (χ3n) is 3.72. The van der Waals surface area contributed by atoms with Crippen molar-refractivity contribution in [2.24, 2.45) is 5.10 Å². The lowest BCUT2D eigenvalue weighted by Crippen LogP contribution is -2.23. The summed E-state index contributed by atoms with van der Waals surface area (Å²) >= 11 is 0. The first-order valence-corrected chi connectivity index (χ1v) is 7.83. The van der Waals surface area contributed by atoms with Crippen molar-refractivity contribution in [1.29, 1.82) is 0 Å². The Morgan fingerprint density at radius 1 is 1.21 bits per heavy atom. The minimum Gasteiger partial charge on any atom is -0.271 e. The third kappa shape index (κ3) is 3.65. The summed E-state index contributed by atoms with van der Waals surface area (Å²) in [5.74, 6) is 0.244. The Labute approximate surface area is 140 Å². The molecule has 0 atom stereocenters. The molecule has 0 aliphatic carbocycles. The van der Waals surface area contributed by atoms with Gasteiger partial charge in [0.25, 0.3) is 5.91 Å². The number of carbonyl (C=O) groups is 1. The van der Waals surface area contributed by atoms with Gasteiger partial charge in [0.15, 0.2) is 0 Å². The maximum Gasteiger partial charge on any atom is 0.261 e. The number of hydrazone groups is 1. The highest BCUT2D eigenvalue weighted by molar-refractivity contribution is 5.83. The Hall–Kier alpha value is -3.02. The molecule has 0 saturated heterocycles. The molecule has 2 aromatic carbocycles. The molecule has 3 aromatic rings. The first kappa shape index (κ1) is 15.9. The summed E-state index contributed by atoms with van der Waals surface area (Å²) in [4.78, 5) is 12.0. The van der Waals surface area contributed by atoms with E-state index in [1.807, 2.05) is 36.4 Å². The van der Waals surface area contributed by atoms with Gasteiger partial charge >= 0.3 is 0 Å². The van der Waals surface area contributed by atoms with Crippen molar-refractivity contribution in [2.75, 3.05) is 0 Å². The molecule has 1 N–H and O–H groups in total. The van der Waals surface area contributed by atoms with Crippen molar-refractivity contribution in [3.05, 3.63) is 59.7 Å². The van der Waals surface area contributed by atoms with E-state index in [1.165, 1.54) is 5.56 Å². The number of fused-ring (bicyclic) bond motifs is 1. The number of hydrogen-bond acceptors (Lipinski definition) is 4. The third-order valence-corrected chi connectivity index (χ3v) is 3.72. The van der Waals surface area contributed by atoms with Crippen LogP contribution in [0, 0.1) is 0 Å². The molecule has 3 rings (SSSR count). The summed E-state index contributed by atoms with van der Waals surface area (Å²) in [6.07, 6.45) is 1.63.